The number of carbonyl (C=O) groups excluding carboxylic acids is 1. The van der Waals surface area contributed by atoms with Crippen molar-refractivity contribution in [3.05, 3.63) is 102 Å². The molecule has 0 bridgehead atoms. The summed E-state index contributed by atoms with van der Waals surface area (Å²) in [6, 6.07) is 16.9. The van der Waals surface area contributed by atoms with Gasteiger partial charge >= 0.3 is 11.8 Å². The molecule has 2 aromatic carbocycles. The molecule has 1 aromatic heterocycles. The van der Waals surface area contributed by atoms with Gasteiger partial charge in [0.15, 0.2) is 0 Å². The van der Waals surface area contributed by atoms with Crippen LogP contribution in [0.25, 0.3) is 0 Å². The van der Waals surface area contributed by atoms with Crippen molar-refractivity contribution >= 4 is 22.0 Å². The first-order chi connectivity index (χ1) is 14.9. The maximum atomic E-state index is 13.1. The fourth-order valence-corrected chi connectivity index (χ4v) is 4.00. The van der Waals surface area contributed by atoms with Crippen molar-refractivity contribution in [2.75, 3.05) is 6.54 Å². The maximum Gasteiger partial charge on any atom is 0.410 e. The molecule has 0 saturated heterocycles. The molecule has 0 fully saturated rings. The number of fused-ring (bicyclic) bond motifs is 1. The third-order valence-corrected chi connectivity index (χ3v) is 5.99. The Bertz CT molecular complexity index is 1220. The van der Waals surface area contributed by atoms with Crippen LogP contribution in [-0.2, 0) is 37.9 Å². The van der Waals surface area contributed by atoms with E-state index in [2.05, 4.69) is 15.9 Å². The summed E-state index contributed by atoms with van der Waals surface area (Å²) in [4.78, 5) is 40.0. The predicted molar refractivity (Wildman–Crippen MR) is 120 cm³/mol. The molecule has 3 aromatic rings. The van der Waals surface area contributed by atoms with Crippen LogP contribution in [0, 0.1) is 0 Å². The molecule has 0 unspecified atom stereocenters. The SMILES string of the molecule is Cn1c2c(c(=O)n(Cc3ccccc3)c1=O)CN(C(=O)OCc1ccc(Br)cc1)CC2. The zero-order chi connectivity index (χ0) is 22.0. The van der Waals surface area contributed by atoms with E-state index in [1.807, 2.05) is 54.6 Å². The third kappa shape index (κ3) is 4.49. The largest absolute Gasteiger partial charge is 0.445 e. The van der Waals surface area contributed by atoms with Gasteiger partial charge in [0, 0.05) is 30.2 Å². The number of carbonyl (C=O) groups is 1. The second kappa shape index (κ2) is 8.93. The van der Waals surface area contributed by atoms with Crippen molar-refractivity contribution in [2.45, 2.75) is 26.1 Å². The summed E-state index contributed by atoms with van der Waals surface area (Å²) < 4.78 is 9.13. The zero-order valence-electron chi connectivity index (χ0n) is 17.1. The summed E-state index contributed by atoms with van der Waals surface area (Å²) in [5.41, 5.74) is 2.18. The monoisotopic (exact) mass is 483 g/mol. The highest BCUT2D eigenvalue weighted by molar-refractivity contribution is 9.10. The van der Waals surface area contributed by atoms with E-state index in [0.29, 0.717) is 24.2 Å². The van der Waals surface area contributed by atoms with Crippen LogP contribution < -0.4 is 11.2 Å². The Morgan fingerprint density at radius 1 is 1.03 bits per heavy atom. The lowest BCUT2D eigenvalue weighted by atomic mass is 10.1. The Hall–Kier alpha value is -3.13. The normalized spacial score (nSPS) is 13.0. The fraction of sp³-hybridized carbons (Fsp3) is 0.261. The highest BCUT2D eigenvalue weighted by Gasteiger charge is 2.27. The van der Waals surface area contributed by atoms with Crippen molar-refractivity contribution in [1.82, 2.24) is 14.0 Å². The van der Waals surface area contributed by atoms with E-state index in [4.69, 9.17) is 4.74 Å². The molecule has 0 radical (unpaired) electrons. The van der Waals surface area contributed by atoms with Gasteiger partial charge in [-0.1, -0.05) is 58.4 Å². The number of benzene rings is 2. The minimum atomic E-state index is -0.476. The summed E-state index contributed by atoms with van der Waals surface area (Å²) >= 11 is 3.38. The number of nitrogens with zero attached hydrogens (tertiary/aromatic N) is 3. The molecule has 0 N–H and O–H groups in total. The first-order valence-corrected chi connectivity index (χ1v) is 10.7. The van der Waals surface area contributed by atoms with Gasteiger partial charge in [0.25, 0.3) is 5.56 Å². The van der Waals surface area contributed by atoms with Crippen LogP contribution >= 0.6 is 15.9 Å². The molecule has 160 valence electrons. The van der Waals surface area contributed by atoms with Gasteiger partial charge in [-0.15, -0.1) is 0 Å². The van der Waals surface area contributed by atoms with Gasteiger partial charge in [0.2, 0.25) is 0 Å². The average Bonchev–Trinajstić information content (AvgIpc) is 2.80. The molecule has 7 nitrogen and oxygen atoms in total. The third-order valence-electron chi connectivity index (χ3n) is 5.46. The van der Waals surface area contributed by atoms with E-state index in [9.17, 15) is 14.4 Å². The Labute approximate surface area is 187 Å². The highest BCUT2D eigenvalue weighted by atomic mass is 79.9. The second-order valence-electron chi connectivity index (χ2n) is 7.50. The van der Waals surface area contributed by atoms with Gasteiger partial charge in [-0.2, -0.15) is 0 Å². The van der Waals surface area contributed by atoms with Crippen LogP contribution in [-0.4, -0.2) is 26.7 Å². The minimum Gasteiger partial charge on any atom is -0.445 e. The molecule has 2 heterocycles. The lowest BCUT2D eigenvalue weighted by Crippen LogP contribution is -2.48. The van der Waals surface area contributed by atoms with Gasteiger partial charge in [-0.25, -0.2) is 9.59 Å². The molecule has 8 heteroatoms. The van der Waals surface area contributed by atoms with Crippen molar-refractivity contribution in [3.8, 4) is 0 Å². The lowest BCUT2D eigenvalue weighted by Gasteiger charge is -2.29. The number of amides is 1. The number of hydrogen-bond acceptors (Lipinski definition) is 4. The molecule has 0 atom stereocenters. The van der Waals surface area contributed by atoms with Gasteiger partial charge in [-0.3, -0.25) is 9.36 Å². The molecule has 0 aliphatic carbocycles. The molecule has 31 heavy (non-hydrogen) atoms. The molecular formula is C23H22BrN3O4. The number of rotatable bonds is 4. The van der Waals surface area contributed by atoms with Crippen molar-refractivity contribution < 1.29 is 9.53 Å². The average molecular weight is 484 g/mol. The van der Waals surface area contributed by atoms with Gasteiger partial charge in [-0.05, 0) is 23.3 Å². The van der Waals surface area contributed by atoms with E-state index < -0.39 is 6.09 Å². The molecule has 1 aliphatic rings. The number of ether oxygens (including phenoxy) is 1. The number of halogens is 1. The molecule has 4 rings (SSSR count). The van der Waals surface area contributed by atoms with Crippen LogP contribution in [0.1, 0.15) is 22.4 Å². The summed E-state index contributed by atoms with van der Waals surface area (Å²) in [5.74, 6) is 0. The van der Waals surface area contributed by atoms with E-state index in [1.54, 1.807) is 7.05 Å². The maximum absolute atomic E-state index is 13.1. The first kappa shape index (κ1) is 21.1. The Kier molecular flexibility index (Phi) is 6.08. The number of aromatic nitrogens is 2. The van der Waals surface area contributed by atoms with Crippen LogP contribution in [0.2, 0.25) is 0 Å². The summed E-state index contributed by atoms with van der Waals surface area (Å²) in [6.45, 7) is 0.854. The Morgan fingerprint density at radius 3 is 2.45 bits per heavy atom. The highest BCUT2D eigenvalue weighted by Crippen LogP contribution is 2.17. The summed E-state index contributed by atoms with van der Waals surface area (Å²) in [5, 5.41) is 0. The van der Waals surface area contributed by atoms with Gasteiger partial charge in [0.1, 0.15) is 6.61 Å². The van der Waals surface area contributed by atoms with Crippen molar-refractivity contribution in [1.29, 1.82) is 0 Å². The molecular weight excluding hydrogens is 462 g/mol. The summed E-state index contributed by atoms with van der Waals surface area (Å²) in [6.07, 6.45) is -0.0491. The molecule has 0 saturated carbocycles. The van der Waals surface area contributed by atoms with Crippen LogP contribution in [0.5, 0.6) is 0 Å². The summed E-state index contributed by atoms with van der Waals surface area (Å²) in [7, 11) is 1.67. The quantitative estimate of drug-likeness (QED) is 0.571. The van der Waals surface area contributed by atoms with Gasteiger partial charge in [0.05, 0.1) is 18.7 Å². The van der Waals surface area contributed by atoms with Gasteiger partial charge < -0.3 is 14.2 Å². The standard InChI is InChI=1S/C23H22BrN3O4/c1-25-20-11-12-26(23(30)31-15-17-7-9-18(24)10-8-17)14-19(20)21(28)27(22(25)29)13-16-5-3-2-4-6-16/h2-10H,11-15H2,1H3. The molecule has 1 aliphatic heterocycles. The predicted octanol–water partition coefficient (Wildman–Crippen LogP) is 3.05. The van der Waals surface area contributed by atoms with E-state index in [-0.39, 0.29) is 30.9 Å². The topological polar surface area (TPSA) is 73.5 Å². The zero-order valence-corrected chi connectivity index (χ0v) is 18.7. The van der Waals surface area contributed by atoms with E-state index in [0.717, 1.165) is 15.6 Å². The lowest BCUT2D eigenvalue weighted by molar-refractivity contribution is 0.0909. The van der Waals surface area contributed by atoms with E-state index in [1.165, 1.54) is 14.0 Å². The van der Waals surface area contributed by atoms with Crippen LogP contribution in [0.4, 0.5) is 4.79 Å². The fourth-order valence-electron chi connectivity index (χ4n) is 3.74. The van der Waals surface area contributed by atoms with Crippen LogP contribution in [0.3, 0.4) is 0 Å². The van der Waals surface area contributed by atoms with Crippen molar-refractivity contribution in [2.24, 2.45) is 7.05 Å². The minimum absolute atomic E-state index is 0.121. The number of hydrogen-bond donors (Lipinski definition) is 0. The molecule has 0 spiro atoms. The smallest absolute Gasteiger partial charge is 0.410 e. The van der Waals surface area contributed by atoms with E-state index >= 15 is 0 Å². The first-order valence-electron chi connectivity index (χ1n) is 9.95. The van der Waals surface area contributed by atoms with Crippen molar-refractivity contribution in [3.63, 3.8) is 0 Å². The molecule has 1 amide bonds. The second-order valence-corrected chi connectivity index (χ2v) is 8.41. The Balaban J connectivity index is 1.55. The van der Waals surface area contributed by atoms with Crippen LogP contribution in [0.15, 0.2) is 68.7 Å². The Morgan fingerprint density at radius 2 is 1.74 bits per heavy atom.